The van der Waals surface area contributed by atoms with Crippen LogP contribution in [0.5, 0.6) is 0 Å². The smallest absolute Gasteiger partial charge is 0.328 e. The van der Waals surface area contributed by atoms with Crippen LogP contribution in [0.4, 0.5) is 0 Å². The molecule has 0 aliphatic heterocycles. The van der Waals surface area contributed by atoms with Gasteiger partial charge in [0, 0.05) is 6.04 Å². The molecule has 1 aromatic carbocycles. The zero-order valence-corrected chi connectivity index (χ0v) is 10.3. The molecule has 0 radical (unpaired) electrons. The van der Waals surface area contributed by atoms with Crippen molar-refractivity contribution in [3.05, 3.63) is 35.9 Å². The molecule has 0 fully saturated rings. The maximum absolute atomic E-state index is 11.5. The van der Waals surface area contributed by atoms with Crippen LogP contribution in [0.2, 0.25) is 0 Å². The second kappa shape index (κ2) is 4.66. The molecule has 0 saturated carbocycles. The summed E-state index contributed by atoms with van der Waals surface area (Å²) in [4.78, 5) is 13.4. The van der Waals surface area contributed by atoms with Crippen LogP contribution in [0, 0.1) is 0 Å². The van der Waals surface area contributed by atoms with Gasteiger partial charge in [0.15, 0.2) is 0 Å². The number of nitrogens with zero attached hydrogens (tertiary/aromatic N) is 1. The molecule has 0 amide bonds. The molecule has 3 nitrogen and oxygen atoms in total. The molecule has 1 N–H and O–H groups in total. The molecular formula is C13H19NO2. The summed E-state index contributed by atoms with van der Waals surface area (Å²) < 4.78 is 0. The monoisotopic (exact) mass is 221 g/mol. The Hall–Kier alpha value is -1.35. The topological polar surface area (TPSA) is 40.5 Å². The number of benzene rings is 1. The first kappa shape index (κ1) is 12.7. The van der Waals surface area contributed by atoms with E-state index in [0.29, 0.717) is 0 Å². The van der Waals surface area contributed by atoms with Crippen LogP contribution in [0.1, 0.15) is 26.3 Å². The van der Waals surface area contributed by atoms with Crippen LogP contribution in [-0.4, -0.2) is 29.1 Å². The van der Waals surface area contributed by atoms with Crippen LogP contribution >= 0.6 is 0 Å². The number of carboxylic acids is 1. The molecule has 1 rings (SSSR count). The second-order valence-corrected chi connectivity index (χ2v) is 4.45. The third-order valence-electron chi connectivity index (χ3n) is 3.23. The summed E-state index contributed by atoms with van der Waals surface area (Å²) in [6, 6.07) is 9.50. The minimum Gasteiger partial charge on any atom is -0.480 e. The number of rotatable bonds is 4. The molecule has 0 saturated heterocycles. The van der Waals surface area contributed by atoms with Gasteiger partial charge in [-0.3, -0.25) is 4.90 Å². The fourth-order valence-corrected chi connectivity index (χ4v) is 1.76. The highest BCUT2D eigenvalue weighted by atomic mass is 16.4. The van der Waals surface area contributed by atoms with E-state index in [1.165, 1.54) is 0 Å². The average molecular weight is 221 g/mol. The maximum atomic E-state index is 11.5. The number of likely N-dealkylation sites (N-methyl/N-ethyl adjacent to an activating group) is 1. The number of carboxylic acid groups (broad SMARTS) is 1. The summed E-state index contributed by atoms with van der Waals surface area (Å²) in [5, 5.41) is 9.46. The van der Waals surface area contributed by atoms with Crippen LogP contribution in [0.3, 0.4) is 0 Å². The predicted molar refractivity (Wildman–Crippen MR) is 64.3 cm³/mol. The summed E-state index contributed by atoms with van der Waals surface area (Å²) in [7, 11) is 1.84. The molecule has 0 heterocycles. The molecule has 1 unspecified atom stereocenters. The quantitative estimate of drug-likeness (QED) is 0.848. The number of hydrogen-bond donors (Lipinski definition) is 1. The zero-order chi connectivity index (χ0) is 12.3. The lowest BCUT2D eigenvalue weighted by atomic mass is 9.89. The molecule has 1 aromatic rings. The Labute approximate surface area is 96.7 Å². The molecular weight excluding hydrogens is 202 g/mol. The molecule has 0 aromatic heterocycles. The summed E-state index contributed by atoms with van der Waals surface area (Å²) in [6.45, 7) is 5.72. The van der Waals surface area contributed by atoms with E-state index >= 15 is 0 Å². The van der Waals surface area contributed by atoms with E-state index in [4.69, 9.17) is 0 Å². The lowest BCUT2D eigenvalue weighted by Gasteiger charge is -2.38. The van der Waals surface area contributed by atoms with Gasteiger partial charge in [-0.05, 0) is 33.4 Å². The Kier molecular flexibility index (Phi) is 3.70. The summed E-state index contributed by atoms with van der Waals surface area (Å²) >= 11 is 0. The summed E-state index contributed by atoms with van der Waals surface area (Å²) in [6.07, 6.45) is 0. The fraction of sp³-hybridized carbons (Fsp3) is 0.462. The van der Waals surface area contributed by atoms with Crippen LogP contribution in [0.15, 0.2) is 30.3 Å². The summed E-state index contributed by atoms with van der Waals surface area (Å²) in [5.74, 6) is -0.824. The minimum atomic E-state index is -0.977. The largest absolute Gasteiger partial charge is 0.480 e. The summed E-state index contributed by atoms with van der Waals surface area (Å²) in [5.41, 5.74) is -0.172. The molecule has 0 aliphatic rings. The highest BCUT2D eigenvalue weighted by Crippen LogP contribution is 2.28. The van der Waals surface area contributed by atoms with E-state index < -0.39 is 11.5 Å². The van der Waals surface area contributed by atoms with Crippen molar-refractivity contribution in [1.29, 1.82) is 0 Å². The molecule has 0 bridgehead atoms. The van der Waals surface area contributed by atoms with Crippen molar-refractivity contribution in [2.75, 3.05) is 7.05 Å². The van der Waals surface area contributed by atoms with Gasteiger partial charge in [0.2, 0.25) is 0 Å². The van der Waals surface area contributed by atoms with Gasteiger partial charge in [0.05, 0.1) is 0 Å². The van der Waals surface area contributed by atoms with Gasteiger partial charge in [0.25, 0.3) is 0 Å². The molecule has 3 heteroatoms. The second-order valence-electron chi connectivity index (χ2n) is 4.45. The van der Waals surface area contributed by atoms with Crippen molar-refractivity contribution in [3.8, 4) is 0 Å². The number of hydrogen-bond acceptors (Lipinski definition) is 2. The normalized spacial score (nSPS) is 15.1. The van der Waals surface area contributed by atoms with Gasteiger partial charge in [0.1, 0.15) is 5.54 Å². The average Bonchev–Trinajstić information content (AvgIpc) is 2.27. The van der Waals surface area contributed by atoms with Gasteiger partial charge in [-0.25, -0.2) is 4.79 Å². The highest BCUT2D eigenvalue weighted by Gasteiger charge is 2.40. The van der Waals surface area contributed by atoms with Gasteiger partial charge >= 0.3 is 5.97 Å². The Bertz CT molecular complexity index is 361. The van der Waals surface area contributed by atoms with Gasteiger partial charge in [-0.1, -0.05) is 30.3 Å². The molecule has 16 heavy (non-hydrogen) atoms. The molecule has 0 spiro atoms. The molecule has 88 valence electrons. The Balaban J connectivity index is 3.22. The van der Waals surface area contributed by atoms with Crippen LogP contribution in [0.25, 0.3) is 0 Å². The first-order valence-electron chi connectivity index (χ1n) is 5.42. The first-order chi connectivity index (χ1) is 7.40. The van der Waals surface area contributed by atoms with Crippen molar-refractivity contribution >= 4 is 5.97 Å². The van der Waals surface area contributed by atoms with Gasteiger partial charge in [-0.15, -0.1) is 0 Å². The van der Waals surface area contributed by atoms with E-state index in [2.05, 4.69) is 0 Å². The van der Waals surface area contributed by atoms with Gasteiger partial charge in [-0.2, -0.15) is 0 Å². The highest BCUT2D eigenvalue weighted by molar-refractivity contribution is 5.80. The van der Waals surface area contributed by atoms with Crippen molar-refractivity contribution in [2.45, 2.75) is 32.4 Å². The van der Waals surface area contributed by atoms with Crippen molar-refractivity contribution < 1.29 is 9.90 Å². The van der Waals surface area contributed by atoms with E-state index in [1.807, 2.05) is 56.1 Å². The third kappa shape index (κ3) is 2.09. The number of aliphatic carboxylic acids is 1. The van der Waals surface area contributed by atoms with E-state index in [-0.39, 0.29) is 6.04 Å². The Morgan fingerprint density at radius 1 is 1.31 bits per heavy atom. The fourth-order valence-electron chi connectivity index (χ4n) is 1.76. The third-order valence-corrected chi connectivity index (χ3v) is 3.23. The maximum Gasteiger partial charge on any atom is 0.328 e. The standard InChI is InChI=1S/C13H19NO2/c1-10(2)14(4)13(3,12(15)16)11-8-6-5-7-9-11/h5-10H,1-4H3,(H,15,16). The Morgan fingerprint density at radius 2 is 1.81 bits per heavy atom. The van der Waals surface area contributed by atoms with Crippen LogP contribution < -0.4 is 0 Å². The van der Waals surface area contributed by atoms with Gasteiger partial charge < -0.3 is 5.11 Å². The van der Waals surface area contributed by atoms with E-state index in [1.54, 1.807) is 6.92 Å². The SMILES string of the molecule is CC(C)N(C)C(C)(C(=O)O)c1ccccc1. The minimum absolute atomic E-state index is 0.168. The van der Waals surface area contributed by atoms with Crippen molar-refractivity contribution in [2.24, 2.45) is 0 Å². The predicted octanol–water partition coefficient (Wildman–Crippen LogP) is 2.33. The lowest BCUT2D eigenvalue weighted by molar-refractivity contribution is -0.151. The van der Waals surface area contributed by atoms with E-state index in [0.717, 1.165) is 5.56 Å². The van der Waals surface area contributed by atoms with Crippen molar-refractivity contribution in [1.82, 2.24) is 4.90 Å². The Morgan fingerprint density at radius 3 is 2.19 bits per heavy atom. The van der Waals surface area contributed by atoms with Crippen LogP contribution in [-0.2, 0) is 10.3 Å². The number of carbonyl (C=O) groups is 1. The first-order valence-corrected chi connectivity index (χ1v) is 5.42. The zero-order valence-electron chi connectivity index (χ0n) is 10.3. The molecule has 0 aliphatic carbocycles. The lowest BCUT2D eigenvalue weighted by Crippen LogP contribution is -2.50. The van der Waals surface area contributed by atoms with E-state index in [9.17, 15) is 9.90 Å². The van der Waals surface area contributed by atoms with Crippen molar-refractivity contribution in [3.63, 3.8) is 0 Å². The molecule has 1 atom stereocenters.